The lowest BCUT2D eigenvalue weighted by Gasteiger charge is -2.27. The number of nitrogens with zero attached hydrogens (tertiary/aromatic N) is 2. The van der Waals surface area contributed by atoms with Crippen LogP contribution in [0.1, 0.15) is 102 Å². The monoisotopic (exact) mass is 476 g/mol. The first-order valence-electron chi connectivity index (χ1n) is 13.7. The minimum atomic E-state index is -0.614. The van der Waals surface area contributed by atoms with E-state index in [4.69, 9.17) is 0 Å². The van der Waals surface area contributed by atoms with Crippen molar-refractivity contribution in [2.45, 2.75) is 96.8 Å². The molecule has 4 nitrogen and oxygen atoms in total. The highest BCUT2D eigenvalue weighted by atomic mass is 16.5. The maximum atomic E-state index is 11.7. The molecule has 1 aliphatic heterocycles. The maximum absolute atomic E-state index is 11.7. The van der Waals surface area contributed by atoms with E-state index in [1.54, 1.807) is 0 Å². The van der Waals surface area contributed by atoms with Crippen molar-refractivity contribution in [2.24, 2.45) is 0 Å². The summed E-state index contributed by atoms with van der Waals surface area (Å²) in [5.41, 5.74) is 3.25. The molecule has 1 aromatic carbocycles. The Morgan fingerprint density at radius 2 is 1.49 bits per heavy atom. The second-order valence-corrected chi connectivity index (χ2v) is 9.43. The Morgan fingerprint density at radius 1 is 0.914 bits per heavy atom. The molecule has 0 amide bonds. The van der Waals surface area contributed by atoms with E-state index in [2.05, 4.69) is 47.0 Å². The van der Waals surface area contributed by atoms with Gasteiger partial charge in [-0.25, -0.2) is 4.79 Å². The van der Waals surface area contributed by atoms with Gasteiger partial charge in [0, 0.05) is 24.0 Å². The molecular weight excluding hydrogens is 432 g/mol. The van der Waals surface area contributed by atoms with Crippen LogP contribution < -0.4 is 4.90 Å². The standard InChI is InChI=1S/C31H44N2O2/c1-3-4-5-6-7-8-9-10-11-12-13-14-15-18-24-33-25-23-27(29-19-16-17-20-30(29)33)21-22-28(26-32)31(34)35-2/h16-17,19-23,25H,3-15,18,24H2,1-2H3. The van der Waals surface area contributed by atoms with Gasteiger partial charge in [0.2, 0.25) is 0 Å². The molecule has 0 spiro atoms. The molecule has 0 unspecified atom stereocenters. The van der Waals surface area contributed by atoms with Crippen LogP contribution in [-0.4, -0.2) is 19.6 Å². The second kappa shape index (κ2) is 17.6. The molecule has 1 heterocycles. The minimum Gasteiger partial charge on any atom is -0.465 e. The van der Waals surface area contributed by atoms with Crippen molar-refractivity contribution in [3.63, 3.8) is 0 Å². The maximum Gasteiger partial charge on any atom is 0.348 e. The summed E-state index contributed by atoms with van der Waals surface area (Å²) in [6.45, 7) is 3.28. The van der Waals surface area contributed by atoms with Gasteiger partial charge in [0.05, 0.1) is 7.11 Å². The molecule has 2 rings (SSSR count). The lowest BCUT2D eigenvalue weighted by atomic mass is 9.98. The van der Waals surface area contributed by atoms with Gasteiger partial charge in [-0.05, 0) is 30.2 Å². The second-order valence-electron chi connectivity index (χ2n) is 9.43. The van der Waals surface area contributed by atoms with Crippen molar-refractivity contribution in [1.82, 2.24) is 0 Å². The zero-order valence-corrected chi connectivity index (χ0v) is 21.9. The molecule has 0 N–H and O–H groups in total. The number of fused-ring (bicyclic) bond motifs is 1. The lowest BCUT2D eigenvalue weighted by molar-refractivity contribution is -0.135. The van der Waals surface area contributed by atoms with Crippen molar-refractivity contribution < 1.29 is 9.53 Å². The van der Waals surface area contributed by atoms with Crippen LogP contribution in [0, 0.1) is 11.3 Å². The molecule has 4 heteroatoms. The predicted molar refractivity (Wildman–Crippen MR) is 147 cm³/mol. The van der Waals surface area contributed by atoms with Crippen LogP contribution in [0.25, 0.3) is 5.57 Å². The molecule has 1 aliphatic rings. The summed E-state index contributed by atoms with van der Waals surface area (Å²) in [6.07, 6.45) is 26.6. The zero-order valence-electron chi connectivity index (χ0n) is 21.9. The van der Waals surface area contributed by atoms with Crippen LogP contribution in [0.15, 0.2) is 54.3 Å². The third kappa shape index (κ3) is 10.6. The van der Waals surface area contributed by atoms with E-state index in [1.165, 1.54) is 109 Å². The molecule has 0 radical (unpaired) electrons. The Kier molecular flexibility index (Phi) is 14.3. The van der Waals surface area contributed by atoms with Crippen LogP contribution in [0.2, 0.25) is 0 Å². The number of carbonyl (C=O) groups is 1. The third-order valence-electron chi connectivity index (χ3n) is 6.67. The van der Waals surface area contributed by atoms with E-state index in [0.29, 0.717) is 0 Å². The van der Waals surface area contributed by atoms with Gasteiger partial charge >= 0.3 is 5.97 Å². The Morgan fingerprint density at radius 3 is 2.06 bits per heavy atom. The first-order chi connectivity index (χ1) is 17.2. The number of benzene rings is 1. The molecule has 0 saturated carbocycles. The molecule has 35 heavy (non-hydrogen) atoms. The number of carbonyl (C=O) groups excluding carboxylic acids is 1. The van der Waals surface area contributed by atoms with Gasteiger partial charge in [-0.1, -0.05) is 115 Å². The number of esters is 1. The van der Waals surface area contributed by atoms with E-state index in [1.807, 2.05) is 18.2 Å². The van der Waals surface area contributed by atoms with Crippen LogP contribution >= 0.6 is 0 Å². The van der Waals surface area contributed by atoms with Gasteiger partial charge in [-0.2, -0.15) is 5.26 Å². The third-order valence-corrected chi connectivity index (χ3v) is 6.67. The Bertz CT molecular complexity index is 891. The number of methoxy groups -OCH3 is 1. The highest BCUT2D eigenvalue weighted by Crippen LogP contribution is 2.33. The topological polar surface area (TPSA) is 53.3 Å². The average Bonchev–Trinajstić information content (AvgIpc) is 2.89. The molecule has 0 aliphatic carbocycles. The van der Waals surface area contributed by atoms with Gasteiger partial charge in [-0.15, -0.1) is 0 Å². The highest BCUT2D eigenvalue weighted by Gasteiger charge is 2.15. The number of allylic oxidation sites excluding steroid dienone is 4. The van der Waals surface area contributed by atoms with Gasteiger partial charge in [-0.3, -0.25) is 0 Å². The van der Waals surface area contributed by atoms with Crippen molar-refractivity contribution in [3.05, 3.63) is 59.8 Å². The van der Waals surface area contributed by atoms with Crippen molar-refractivity contribution in [2.75, 3.05) is 18.6 Å². The fraction of sp³-hybridized carbons (Fsp3) is 0.548. The number of ether oxygens (including phenoxy) is 1. The highest BCUT2D eigenvalue weighted by molar-refractivity contribution is 5.94. The van der Waals surface area contributed by atoms with E-state index in [0.717, 1.165) is 17.7 Å². The SMILES string of the molecule is CCCCCCCCCCCCCCCCN1C=CC(=CC=C(C#N)C(=O)OC)c2ccccc21. The Balaban J connectivity index is 1.68. The van der Waals surface area contributed by atoms with E-state index in [9.17, 15) is 10.1 Å². The van der Waals surface area contributed by atoms with Crippen LogP contribution in [0.3, 0.4) is 0 Å². The van der Waals surface area contributed by atoms with E-state index < -0.39 is 5.97 Å². The summed E-state index contributed by atoms with van der Waals surface area (Å²) in [4.78, 5) is 14.0. The fourth-order valence-electron chi connectivity index (χ4n) is 4.56. The van der Waals surface area contributed by atoms with Gasteiger partial charge in [0.25, 0.3) is 0 Å². The van der Waals surface area contributed by atoms with Gasteiger partial charge in [0.15, 0.2) is 0 Å². The normalized spacial score (nSPS) is 14.1. The Labute approximate surface area is 213 Å². The summed E-state index contributed by atoms with van der Waals surface area (Å²) >= 11 is 0. The molecule has 0 fully saturated rings. The number of rotatable bonds is 17. The molecule has 0 saturated heterocycles. The number of unbranched alkanes of at least 4 members (excludes halogenated alkanes) is 13. The summed E-state index contributed by atoms with van der Waals surface area (Å²) in [6, 6.07) is 10.2. The average molecular weight is 477 g/mol. The predicted octanol–water partition coefficient (Wildman–Crippen LogP) is 8.51. The molecule has 0 bridgehead atoms. The number of hydrogen-bond acceptors (Lipinski definition) is 4. The number of anilines is 1. The number of para-hydroxylation sites is 1. The summed E-state index contributed by atoms with van der Waals surface area (Å²) < 4.78 is 4.66. The fourth-order valence-corrected chi connectivity index (χ4v) is 4.56. The smallest absolute Gasteiger partial charge is 0.348 e. The molecule has 1 aromatic rings. The van der Waals surface area contributed by atoms with Gasteiger partial charge < -0.3 is 9.64 Å². The van der Waals surface area contributed by atoms with Crippen LogP contribution in [0.5, 0.6) is 0 Å². The number of hydrogen-bond donors (Lipinski definition) is 0. The van der Waals surface area contributed by atoms with Crippen LogP contribution in [-0.2, 0) is 9.53 Å². The zero-order chi connectivity index (χ0) is 25.1. The molecule has 190 valence electrons. The Hall–Kier alpha value is -2.80. The van der Waals surface area contributed by atoms with Crippen LogP contribution in [0.4, 0.5) is 5.69 Å². The van der Waals surface area contributed by atoms with Crippen molar-refractivity contribution >= 4 is 17.2 Å². The van der Waals surface area contributed by atoms with Gasteiger partial charge in [0.1, 0.15) is 11.6 Å². The quantitative estimate of drug-likeness (QED) is 0.0978. The molecule has 0 aromatic heterocycles. The molecular formula is C31H44N2O2. The van der Waals surface area contributed by atoms with Crippen molar-refractivity contribution in [1.29, 1.82) is 5.26 Å². The molecule has 0 atom stereocenters. The van der Waals surface area contributed by atoms with Crippen molar-refractivity contribution in [3.8, 4) is 6.07 Å². The summed E-state index contributed by atoms with van der Waals surface area (Å²) in [5.74, 6) is -0.614. The summed E-state index contributed by atoms with van der Waals surface area (Å²) in [7, 11) is 1.28. The lowest BCUT2D eigenvalue weighted by Crippen LogP contribution is -2.21. The van der Waals surface area contributed by atoms with E-state index >= 15 is 0 Å². The van der Waals surface area contributed by atoms with E-state index in [-0.39, 0.29) is 5.57 Å². The first kappa shape index (κ1) is 28.4. The minimum absolute atomic E-state index is 0.00396. The summed E-state index contributed by atoms with van der Waals surface area (Å²) in [5, 5.41) is 9.18. The largest absolute Gasteiger partial charge is 0.465 e. The first-order valence-corrected chi connectivity index (χ1v) is 13.7. The number of nitriles is 1.